The van der Waals surface area contributed by atoms with Crippen molar-refractivity contribution in [2.45, 2.75) is 13.5 Å². The summed E-state index contributed by atoms with van der Waals surface area (Å²) in [5.41, 5.74) is 6.59. The first-order valence-corrected chi connectivity index (χ1v) is 11.5. The van der Waals surface area contributed by atoms with E-state index in [1.54, 1.807) is 0 Å². The molecule has 146 valence electrons. The number of para-hydroxylation sites is 1. The van der Waals surface area contributed by atoms with Crippen LogP contribution in [-0.2, 0) is 6.54 Å². The summed E-state index contributed by atoms with van der Waals surface area (Å²) < 4.78 is 2.44. The van der Waals surface area contributed by atoms with E-state index in [0.717, 1.165) is 6.54 Å². The molecule has 0 bridgehead atoms. The summed E-state index contributed by atoms with van der Waals surface area (Å²) in [7, 11) is 0. The van der Waals surface area contributed by atoms with Crippen molar-refractivity contribution in [2.24, 2.45) is 0 Å². The van der Waals surface area contributed by atoms with Crippen molar-refractivity contribution in [3.8, 4) is 16.9 Å². The second-order valence-corrected chi connectivity index (χ2v) is 8.95. The Hall–Kier alpha value is -2.49. The first-order valence-electron chi connectivity index (χ1n) is 10.4. The number of hydrogen-bond donors (Lipinski definition) is 0. The van der Waals surface area contributed by atoms with Gasteiger partial charge in [0.2, 0.25) is 0 Å². The fourth-order valence-corrected chi connectivity index (χ4v) is 5.35. The predicted molar refractivity (Wildman–Crippen MR) is 126 cm³/mol. The van der Waals surface area contributed by atoms with Crippen molar-refractivity contribution in [3.63, 3.8) is 0 Å². The Kier molecular flexibility index (Phi) is 5.17. The molecule has 29 heavy (non-hydrogen) atoms. The standard InChI is InChI=1S/C26H26N2S/c1-20-22(19-27-14-16-29-17-15-27)18-26(28(20)23-10-3-2-4-11-23)25-13-7-9-21-8-5-6-12-24(21)25/h2-13,18H,14-17,19H2,1H3. The van der Waals surface area contributed by atoms with Crippen LogP contribution in [0, 0.1) is 6.92 Å². The predicted octanol–water partition coefficient (Wildman–Crippen LogP) is 6.15. The fourth-order valence-electron chi connectivity index (χ4n) is 4.38. The minimum absolute atomic E-state index is 1.03. The third-order valence-electron chi connectivity index (χ3n) is 5.93. The van der Waals surface area contributed by atoms with Crippen molar-refractivity contribution in [3.05, 3.63) is 90.1 Å². The van der Waals surface area contributed by atoms with Crippen LogP contribution >= 0.6 is 11.8 Å². The van der Waals surface area contributed by atoms with Crippen LogP contribution in [0.2, 0.25) is 0 Å². The molecule has 0 spiro atoms. The van der Waals surface area contributed by atoms with Gasteiger partial charge in [0.05, 0.1) is 5.69 Å². The topological polar surface area (TPSA) is 8.17 Å². The van der Waals surface area contributed by atoms with Gasteiger partial charge < -0.3 is 4.57 Å². The van der Waals surface area contributed by atoms with E-state index >= 15 is 0 Å². The Bertz CT molecular complexity index is 1120. The summed E-state index contributed by atoms with van der Waals surface area (Å²) in [5, 5.41) is 2.60. The van der Waals surface area contributed by atoms with Gasteiger partial charge in [-0.05, 0) is 41.5 Å². The molecule has 4 aromatic rings. The van der Waals surface area contributed by atoms with Gasteiger partial charge in [-0.1, -0.05) is 60.7 Å². The van der Waals surface area contributed by atoms with E-state index in [9.17, 15) is 0 Å². The largest absolute Gasteiger partial charge is 0.314 e. The maximum Gasteiger partial charge on any atom is 0.0540 e. The minimum atomic E-state index is 1.03. The zero-order chi connectivity index (χ0) is 19.6. The van der Waals surface area contributed by atoms with Crippen LogP contribution in [0.4, 0.5) is 0 Å². The lowest BCUT2D eigenvalue weighted by atomic mass is 10.0. The molecule has 3 heteroatoms. The van der Waals surface area contributed by atoms with E-state index in [1.165, 1.54) is 63.6 Å². The lowest BCUT2D eigenvalue weighted by molar-refractivity contribution is 0.294. The van der Waals surface area contributed by atoms with E-state index in [2.05, 4.69) is 107 Å². The highest BCUT2D eigenvalue weighted by Gasteiger charge is 2.19. The average Bonchev–Trinajstić information content (AvgIpc) is 3.10. The molecule has 0 N–H and O–H groups in total. The van der Waals surface area contributed by atoms with E-state index in [4.69, 9.17) is 0 Å². The Balaban J connectivity index is 1.68. The highest BCUT2D eigenvalue weighted by atomic mass is 32.2. The van der Waals surface area contributed by atoms with Crippen LogP contribution in [-0.4, -0.2) is 34.1 Å². The highest BCUT2D eigenvalue weighted by molar-refractivity contribution is 7.99. The normalized spacial score (nSPS) is 15.1. The Morgan fingerprint density at radius 1 is 0.828 bits per heavy atom. The Morgan fingerprint density at radius 2 is 1.55 bits per heavy atom. The number of aromatic nitrogens is 1. The third-order valence-corrected chi connectivity index (χ3v) is 6.87. The summed E-state index contributed by atoms with van der Waals surface area (Å²) in [6.45, 7) is 5.67. The molecule has 0 atom stereocenters. The summed E-state index contributed by atoms with van der Waals surface area (Å²) in [4.78, 5) is 2.60. The lowest BCUT2D eigenvalue weighted by Crippen LogP contribution is -2.32. The van der Waals surface area contributed by atoms with Crippen molar-refractivity contribution >= 4 is 22.5 Å². The third kappa shape index (κ3) is 3.61. The van der Waals surface area contributed by atoms with Gasteiger partial charge in [-0.3, -0.25) is 4.90 Å². The quantitative estimate of drug-likeness (QED) is 0.407. The molecule has 1 aliphatic heterocycles. The second kappa shape index (κ2) is 8.10. The molecular formula is C26H26N2S. The molecule has 5 rings (SSSR count). The molecule has 1 fully saturated rings. The maximum atomic E-state index is 2.60. The molecule has 1 aromatic heterocycles. The van der Waals surface area contributed by atoms with Gasteiger partial charge in [-0.15, -0.1) is 0 Å². The van der Waals surface area contributed by atoms with Gasteiger partial charge in [-0.2, -0.15) is 11.8 Å². The molecule has 0 aliphatic carbocycles. The van der Waals surface area contributed by atoms with Gasteiger partial charge >= 0.3 is 0 Å². The number of nitrogens with zero attached hydrogens (tertiary/aromatic N) is 2. The molecule has 1 saturated heterocycles. The zero-order valence-electron chi connectivity index (χ0n) is 16.8. The molecule has 1 aliphatic rings. The van der Waals surface area contributed by atoms with E-state index in [1.807, 2.05) is 0 Å². The Morgan fingerprint density at radius 3 is 2.38 bits per heavy atom. The van der Waals surface area contributed by atoms with Gasteiger partial charge in [-0.25, -0.2) is 0 Å². The number of hydrogen-bond acceptors (Lipinski definition) is 2. The van der Waals surface area contributed by atoms with Crippen molar-refractivity contribution < 1.29 is 0 Å². The summed E-state index contributed by atoms with van der Waals surface area (Å²) in [5.74, 6) is 2.49. The monoisotopic (exact) mass is 398 g/mol. The molecule has 2 nitrogen and oxygen atoms in total. The minimum Gasteiger partial charge on any atom is -0.314 e. The first kappa shape index (κ1) is 18.5. The number of thioether (sulfide) groups is 1. The number of fused-ring (bicyclic) bond motifs is 1. The molecule has 0 amide bonds. The highest BCUT2D eigenvalue weighted by Crippen LogP contribution is 2.34. The second-order valence-electron chi connectivity index (χ2n) is 7.73. The van der Waals surface area contributed by atoms with Gasteiger partial charge in [0.15, 0.2) is 0 Å². The smallest absolute Gasteiger partial charge is 0.0540 e. The maximum absolute atomic E-state index is 2.60. The van der Waals surface area contributed by atoms with Crippen LogP contribution in [0.5, 0.6) is 0 Å². The van der Waals surface area contributed by atoms with Crippen molar-refractivity contribution in [1.29, 1.82) is 0 Å². The first-order chi connectivity index (χ1) is 14.3. The lowest BCUT2D eigenvalue weighted by Gasteiger charge is -2.26. The average molecular weight is 399 g/mol. The molecule has 2 heterocycles. The number of rotatable bonds is 4. The van der Waals surface area contributed by atoms with Crippen LogP contribution in [0.1, 0.15) is 11.3 Å². The fraction of sp³-hybridized carbons (Fsp3) is 0.231. The van der Waals surface area contributed by atoms with E-state index < -0.39 is 0 Å². The van der Waals surface area contributed by atoms with Crippen molar-refractivity contribution in [2.75, 3.05) is 24.6 Å². The summed E-state index contributed by atoms with van der Waals surface area (Å²) in [6.07, 6.45) is 0. The molecule has 0 unspecified atom stereocenters. The SMILES string of the molecule is Cc1c(CN2CCSCC2)cc(-c2cccc3ccccc23)n1-c1ccccc1. The van der Waals surface area contributed by atoms with Crippen LogP contribution in [0.25, 0.3) is 27.7 Å². The van der Waals surface area contributed by atoms with Crippen molar-refractivity contribution in [1.82, 2.24) is 9.47 Å². The van der Waals surface area contributed by atoms with Crippen LogP contribution < -0.4 is 0 Å². The molecule has 3 aromatic carbocycles. The number of benzene rings is 3. The van der Waals surface area contributed by atoms with E-state index in [0.29, 0.717) is 0 Å². The van der Waals surface area contributed by atoms with Gasteiger partial charge in [0.25, 0.3) is 0 Å². The van der Waals surface area contributed by atoms with Gasteiger partial charge in [0.1, 0.15) is 0 Å². The molecular weight excluding hydrogens is 372 g/mol. The zero-order valence-corrected chi connectivity index (χ0v) is 17.7. The van der Waals surface area contributed by atoms with E-state index in [-0.39, 0.29) is 0 Å². The molecule has 0 radical (unpaired) electrons. The van der Waals surface area contributed by atoms with Crippen LogP contribution in [0.15, 0.2) is 78.9 Å². The molecule has 0 saturated carbocycles. The summed E-state index contributed by atoms with van der Waals surface area (Å²) >= 11 is 2.07. The van der Waals surface area contributed by atoms with Gasteiger partial charge in [0, 0.05) is 48.1 Å². The van der Waals surface area contributed by atoms with Crippen LogP contribution in [0.3, 0.4) is 0 Å². The summed E-state index contributed by atoms with van der Waals surface area (Å²) in [6, 6.07) is 28.5. The Labute approximate surface area is 177 Å².